The summed E-state index contributed by atoms with van der Waals surface area (Å²) < 4.78 is 77.1. The number of carbonyl (C=O) groups is 1. The predicted octanol–water partition coefficient (Wildman–Crippen LogP) is 4.83. The topological polar surface area (TPSA) is 51.1 Å². The first-order chi connectivity index (χ1) is 12.3. The van der Waals surface area contributed by atoms with Gasteiger partial charge in [-0.3, -0.25) is 9.59 Å². The summed E-state index contributed by atoms with van der Waals surface area (Å²) in [5.74, 6) is -1.04. The Morgan fingerprint density at radius 2 is 1.63 bits per heavy atom. The quantitative estimate of drug-likeness (QED) is 0.706. The number of rotatable bonds is 3. The molecule has 146 valence electrons. The lowest BCUT2D eigenvalue weighted by Gasteiger charge is -2.13. The number of nitrogens with zero attached hydrogens (tertiary/aromatic N) is 1. The lowest BCUT2D eigenvalue weighted by atomic mass is 10.2. The molecule has 0 fully saturated rings. The van der Waals surface area contributed by atoms with Crippen LogP contribution in [0.25, 0.3) is 0 Å². The van der Waals surface area contributed by atoms with Crippen molar-refractivity contribution < 1.29 is 31.1 Å². The van der Waals surface area contributed by atoms with E-state index in [2.05, 4.69) is 5.32 Å². The van der Waals surface area contributed by atoms with Crippen molar-refractivity contribution in [2.45, 2.75) is 18.9 Å². The van der Waals surface area contributed by atoms with Gasteiger partial charge in [-0.15, -0.1) is 0 Å². The molecule has 0 aliphatic carbocycles. The highest BCUT2D eigenvalue weighted by atomic mass is 35.5. The molecule has 2 aromatic rings. The fourth-order valence-corrected chi connectivity index (χ4v) is 2.50. The first kappa shape index (κ1) is 21.1. The largest absolute Gasteiger partial charge is 0.417 e. The summed E-state index contributed by atoms with van der Waals surface area (Å²) in [7, 11) is 0. The lowest BCUT2D eigenvalue weighted by molar-refractivity contribution is -0.138. The van der Waals surface area contributed by atoms with Gasteiger partial charge in [0.15, 0.2) is 0 Å². The van der Waals surface area contributed by atoms with E-state index >= 15 is 0 Å². The molecule has 0 bridgehead atoms. The van der Waals surface area contributed by atoms with Gasteiger partial charge in [-0.2, -0.15) is 26.3 Å². The molecule has 0 unspecified atom stereocenters. The van der Waals surface area contributed by atoms with Crippen LogP contribution in [0.15, 0.2) is 35.3 Å². The van der Waals surface area contributed by atoms with Gasteiger partial charge in [-0.25, -0.2) is 0 Å². The normalized spacial score (nSPS) is 12.1. The molecular weight excluding hydrogens is 425 g/mol. The number of halogens is 8. The van der Waals surface area contributed by atoms with Crippen molar-refractivity contribution in [3.8, 4) is 0 Å². The fraction of sp³-hybridized carbons (Fsp3) is 0.200. The molecule has 0 atom stereocenters. The molecule has 0 saturated heterocycles. The highest BCUT2D eigenvalue weighted by Gasteiger charge is 2.34. The van der Waals surface area contributed by atoms with Gasteiger partial charge in [0.1, 0.15) is 11.6 Å². The summed E-state index contributed by atoms with van der Waals surface area (Å²) in [6.07, 6.45) is -9.20. The van der Waals surface area contributed by atoms with Crippen LogP contribution >= 0.6 is 23.2 Å². The molecule has 12 heteroatoms. The number of pyridine rings is 1. The van der Waals surface area contributed by atoms with Crippen LogP contribution in [0.2, 0.25) is 10.0 Å². The summed E-state index contributed by atoms with van der Waals surface area (Å²) in [5, 5.41) is 0.697. The number of anilines is 1. The zero-order valence-corrected chi connectivity index (χ0v) is 14.4. The number of alkyl halides is 6. The van der Waals surface area contributed by atoms with Gasteiger partial charge in [-0.05, 0) is 24.3 Å². The van der Waals surface area contributed by atoms with Crippen LogP contribution in [0.4, 0.5) is 32.0 Å². The second kappa shape index (κ2) is 7.43. The number of carbonyl (C=O) groups excluding carboxylic acids is 1. The summed E-state index contributed by atoms with van der Waals surface area (Å²) in [6, 6.07) is 2.93. The third kappa shape index (κ3) is 5.16. The third-order valence-electron chi connectivity index (χ3n) is 3.24. The second-order valence-corrected chi connectivity index (χ2v) is 6.06. The number of hydrogen-bond donors (Lipinski definition) is 1. The van der Waals surface area contributed by atoms with Gasteiger partial charge >= 0.3 is 12.4 Å². The van der Waals surface area contributed by atoms with Crippen LogP contribution < -0.4 is 10.9 Å². The molecule has 1 aromatic heterocycles. The van der Waals surface area contributed by atoms with Crippen molar-refractivity contribution in [2.24, 2.45) is 0 Å². The molecule has 1 N–H and O–H groups in total. The van der Waals surface area contributed by atoms with E-state index in [4.69, 9.17) is 23.2 Å². The van der Waals surface area contributed by atoms with Gasteiger partial charge in [-0.1, -0.05) is 23.2 Å². The molecule has 1 aromatic carbocycles. The minimum Gasteiger partial charge on any atom is -0.325 e. The number of amides is 1. The maximum atomic E-state index is 12.8. The third-order valence-corrected chi connectivity index (χ3v) is 3.84. The molecule has 1 heterocycles. The van der Waals surface area contributed by atoms with Crippen LogP contribution in [-0.2, 0) is 23.7 Å². The van der Waals surface area contributed by atoms with Crippen LogP contribution in [0.5, 0.6) is 0 Å². The highest BCUT2D eigenvalue weighted by molar-refractivity contribution is 6.31. The zero-order chi connectivity index (χ0) is 20.6. The molecule has 0 spiro atoms. The Labute approximate surface area is 157 Å². The van der Waals surface area contributed by atoms with Crippen molar-refractivity contribution in [2.75, 3.05) is 5.32 Å². The summed E-state index contributed by atoms with van der Waals surface area (Å²) >= 11 is 10.9. The van der Waals surface area contributed by atoms with Gasteiger partial charge in [0.05, 0.1) is 16.1 Å². The number of nitrogens with one attached hydrogen (secondary N) is 1. The molecule has 27 heavy (non-hydrogen) atoms. The number of hydrogen-bond acceptors (Lipinski definition) is 2. The zero-order valence-electron chi connectivity index (χ0n) is 12.9. The van der Waals surface area contributed by atoms with E-state index in [-0.39, 0.29) is 5.69 Å². The van der Waals surface area contributed by atoms with E-state index in [1.54, 1.807) is 0 Å². The number of aromatic nitrogens is 1. The van der Waals surface area contributed by atoms with E-state index in [1.807, 2.05) is 0 Å². The van der Waals surface area contributed by atoms with Crippen LogP contribution in [0.3, 0.4) is 0 Å². The lowest BCUT2D eigenvalue weighted by Crippen LogP contribution is -2.29. The minimum absolute atomic E-state index is 0.303. The van der Waals surface area contributed by atoms with Gasteiger partial charge in [0.2, 0.25) is 5.91 Å². The second-order valence-electron chi connectivity index (χ2n) is 5.25. The van der Waals surface area contributed by atoms with Crippen molar-refractivity contribution in [3.63, 3.8) is 0 Å². The first-order valence-corrected chi connectivity index (χ1v) is 7.68. The van der Waals surface area contributed by atoms with Crippen molar-refractivity contribution in [1.82, 2.24) is 4.57 Å². The molecule has 1 amide bonds. The van der Waals surface area contributed by atoms with Crippen molar-refractivity contribution in [1.29, 1.82) is 0 Å². The average Bonchev–Trinajstić information content (AvgIpc) is 2.51. The molecule has 4 nitrogen and oxygen atoms in total. The monoisotopic (exact) mass is 432 g/mol. The molecule has 0 saturated carbocycles. The Balaban J connectivity index is 2.27. The Kier molecular flexibility index (Phi) is 5.81. The van der Waals surface area contributed by atoms with Crippen molar-refractivity contribution in [3.05, 3.63) is 62.0 Å². The van der Waals surface area contributed by atoms with Gasteiger partial charge in [0.25, 0.3) is 5.56 Å². The molecule has 0 radical (unpaired) electrons. The first-order valence-electron chi connectivity index (χ1n) is 6.93. The standard InChI is InChI=1S/C15H8Cl2F6N2O2/c16-10-2-1-8(4-9(10)15(21,22)23)24-12(26)6-25-5-7(14(18,19)20)3-11(17)13(25)27/h1-5H,6H2,(H,24,26). The Bertz CT molecular complexity index is 937. The molecule has 0 aliphatic rings. The van der Waals surface area contributed by atoms with Crippen LogP contribution in [0, 0.1) is 0 Å². The summed E-state index contributed by atoms with van der Waals surface area (Å²) in [6.45, 7) is -0.896. The fourth-order valence-electron chi connectivity index (χ4n) is 2.05. The van der Waals surface area contributed by atoms with E-state index in [9.17, 15) is 35.9 Å². The molecule has 0 aliphatic heterocycles. The van der Waals surface area contributed by atoms with Crippen molar-refractivity contribution >= 4 is 34.8 Å². The maximum absolute atomic E-state index is 12.8. The summed E-state index contributed by atoms with van der Waals surface area (Å²) in [5.41, 5.74) is -3.83. The van der Waals surface area contributed by atoms with E-state index in [1.165, 1.54) is 0 Å². The molecular formula is C15H8Cl2F6N2O2. The summed E-state index contributed by atoms with van der Waals surface area (Å²) in [4.78, 5) is 23.7. The smallest absolute Gasteiger partial charge is 0.325 e. The van der Waals surface area contributed by atoms with Gasteiger partial charge in [0, 0.05) is 11.9 Å². The Morgan fingerprint density at radius 1 is 1.00 bits per heavy atom. The highest BCUT2D eigenvalue weighted by Crippen LogP contribution is 2.36. The Morgan fingerprint density at radius 3 is 2.19 bits per heavy atom. The SMILES string of the molecule is O=C(Cn1cc(C(F)(F)F)cc(Cl)c1=O)Nc1ccc(Cl)c(C(F)(F)F)c1. The number of benzene rings is 1. The van der Waals surface area contributed by atoms with E-state index in [0.29, 0.717) is 22.9 Å². The van der Waals surface area contributed by atoms with E-state index in [0.717, 1.165) is 12.1 Å². The van der Waals surface area contributed by atoms with Crippen LogP contribution in [-0.4, -0.2) is 10.5 Å². The van der Waals surface area contributed by atoms with Crippen LogP contribution in [0.1, 0.15) is 11.1 Å². The Hall–Kier alpha value is -2.20. The predicted molar refractivity (Wildman–Crippen MR) is 85.8 cm³/mol. The average molecular weight is 433 g/mol. The minimum atomic E-state index is -4.81. The molecule has 2 rings (SSSR count). The van der Waals surface area contributed by atoms with E-state index < -0.39 is 51.5 Å². The maximum Gasteiger partial charge on any atom is 0.417 e. The van der Waals surface area contributed by atoms with Gasteiger partial charge < -0.3 is 9.88 Å².